The molecule has 0 aromatic carbocycles. The van der Waals surface area contributed by atoms with E-state index in [1.807, 2.05) is 6.92 Å². The van der Waals surface area contributed by atoms with E-state index in [1.54, 1.807) is 0 Å². The Morgan fingerprint density at radius 2 is 2.26 bits per heavy atom. The lowest BCUT2D eigenvalue weighted by Crippen LogP contribution is -2.36. The van der Waals surface area contributed by atoms with E-state index >= 15 is 0 Å². The molecule has 2 heterocycles. The van der Waals surface area contributed by atoms with E-state index in [0.717, 1.165) is 54.5 Å². The van der Waals surface area contributed by atoms with E-state index in [2.05, 4.69) is 50.1 Å². The van der Waals surface area contributed by atoms with Gasteiger partial charge in [0.05, 0.1) is 16.8 Å². The van der Waals surface area contributed by atoms with Gasteiger partial charge in [-0.25, -0.2) is 9.97 Å². The van der Waals surface area contributed by atoms with Crippen LogP contribution in [0.4, 0.5) is 5.82 Å². The second-order valence-electron chi connectivity index (χ2n) is 4.88. The SMILES string of the molecule is CCCNc1nc(C2CN(C)CCO2)nc(C)c1Br. The molecule has 1 unspecified atom stereocenters. The van der Waals surface area contributed by atoms with Crippen molar-refractivity contribution in [3.63, 3.8) is 0 Å². The predicted molar refractivity (Wildman–Crippen MR) is 79.4 cm³/mol. The molecule has 0 aliphatic carbocycles. The molecular formula is C13H21BrN4O. The van der Waals surface area contributed by atoms with Crippen LogP contribution in [0.3, 0.4) is 0 Å². The van der Waals surface area contributed by atoms with E-state index in [9.17, 15) is 0 Å². The predicted octanol–water partition coefficient (Wildman–Crippen LogP) is 2.37. The summed E-state index contributed by atoms with van der Waals surface area (Å²) in [7, 11) is 2.09. The molecule has 1 aromatic rings. The molecule has 2 rings (SSSR count). The molecule has 1 aliphatic heterocycles. The molecule has 0 radical (unpaired) electrons. The number of likely N-dealkylation sites (N-methyl/N-ethyl adjacent to an activating group) is 1. The molecule has 1 saturated heterocycles. The number of nitrogens with zero attached hydrogens (tertiary/aromatic N) is 3. The largest absolute Gasteiger partial charge is 0.369 e. The second kappa shape index (κ2) is 6.63. The van der Waals surface area contributed by atoms with Crippen molar-refractivity contribution in [3.8, 4) is 0 Å². The number of morpholine rings is 1. The first kappa shape index (κ1) is 14.7. The van der Waals surface area contributed by atoms with Crippen molar-refractivity contribution >= 4 is 21.7 Å². The lowest BCUT2D eigenvalue weighted by Gasteiger charge is -2.29. The van der Waals surface area contributed by atoms with Gasteiger partial charge >= 0.3 is 0 Å². The number of rotatable bonds is 4. The smallest absolute Gasteiger partial charge is 0.161 e. The number of nitrogens with one attached hydrogen (secondary N) is 1. The van der Waals surface area contributed by atoms with Crippen molar-refractivity contribution in [3.05, 3.63) is 16.0 Å². The zero-order chi connectivity index (χ0) is 13.8. The fourth-order valence-electron chi connectivity index (χ4n) is 2.02. The van der Waals surface area contributed by atoms with Gasteiger partial charge in [-0.15, -0.1) is 0 Å². The van der Waals surface area contributed by atoms with Crippen LogP contribution in [0.15, 0.2) is 4.47 Å². The number of hydrogen-bond donors (Lipinski definition) is 1. The van der Waals surface area contributed by atoms with Crippen LogP contribution in [0.1, 0.15) is 31.0 Å². The molecule has 1 atom stereocenters. The summed E-state index contributed by atoms with van der Waals surface area (Å²) in [6, 6.07) is 0. The van der Waals surface area contributed by atoms with Crippen molar-refractivity contribution < 1.29 is 4.74 Å². The van der Waals surface area contributed by atoms with Crippen molar-refractivity contribution in [2.45, 2.75) is 26.4 Å². The molecule has 5 nitrogen and oxygen atoms in total. The average Bonchev–Trinajstić information content (AvgIpc) is 2.40. The standard InChI is InChI=1S/C13H21BrN4O/c1-4-5-15-13-11(14)9(2)16-12(17-13)10-8-18(3)6-7-19-10/h10H,4-8H2,1-3H3,(H,15,16,17). The summed E-state index contributed by atoms with van der Waals surface area (Å²) in [6.07, 6.45) is 1.03. The first-order valence-corrected chi connectivity index (χ1v) is 7.49. The third kappa shape index (κ3) is 3.64. The van der Waals surface area contributed by atoms with Crippen LogP contribution in [-0.2, 0) is 4.74 Å². The number of ether oxygens (including phenoxy) is 1. The number of halogens is 1. The summed E-state index contributed by atoms with van der Waals surface area (Å²) in [5.41, 5.74) is 0.945. The van der Waals surface area contributed by atoms with Crippen LogP contribution in [0, 0.1) is 6.92 Å². The Bertz CT molecular complexity index is 441. The summed E-state index contributed by atoms with van der Waals surface area (Å²) in [4.78, 5) is 11.4. The minimum absolute atomic E-state index is 0.0345. The molecule has 1 fully saturated rings. The molecule has 6 heteroatoms. The van der Waals surface area contributed by atoms with Gasteiger partial charge in [0.2, 0.25) is 0 Å². The van der Waals surface area contributed by atoms with Crippen molar-refractivity contribution in [1.82, 2.24) is 14.9 Å². The maximum atomic E-state index is 5.78. The second-order valence-corrected chi connectivity index (χ2v) is 5.67. The molecule has 0 saturated carbocycles. The highest BCUT2D eigenvalue weighted by Crippen LogP contribution is 2.27. The highest BCUT2D eigenvalue weighted by atomic mass is 79.9. The molecule has 0 amide bonds. The Morgan fingerprint density at radius 1 is 1.47 bits per heavy atom. The number of aromatic nitrogens is 2. The zero-order valence-electron chi connectivity index (χ0n) is 11.7. The van der Waals surface area contributed by atoms with E-state index in [1.165, 1.54) is 0 Å². The van der Waals surface area contributed by atoms with Gasteiger partial charge in [0.1, 0.15) is 11.9 Å². The Hall–Kier alpha value is -0.720. The number of hydrogen-bond acceptors (Lipinski definition) is 5. The van der Waals surface area contributed by atoms with Crippen LogP contribution in [0.25, 0.3) is 0 Å². The monoisotopic (exact) mass is 328 g/mol. The number of anilines is 1. The highest BCUT2D eigenvalue weighted by molar-refractivity contribution is 9.10. The Morgan fingerprint density at radius 3 is 2.95 bits per heavy atom. The first-order valence-electron chi connectivity index (χ1n) is 6.70. The molecule has 0 spiro atoms. The fourth-order valence-corrected chi connectivity index (χ4v) is 2.34. The summed E-state index contributed by atoms with van der Waals surface area (Å²) in [6.45, 7) is 7.56. The summed E-state index contributed by atoms with van der Waals surface area (Å²) < 4.78 is 6.72. The summed E-state index contributed by atoms with van der Waals surface area (Å²) in [5, 5.41) is 3.33. The minimum Gasteiger partial charge on any atom is -0.369 e. The maximum absolute atomic E-state index is 5.78. The van der Waals surface area contributed by atoms with Crippen LogP contribution in [0.2, 0.25) is 0 Å². The maximum Gasteiger partial charge on any atom is 0.161 e. The summed E-state index contributed by atoms with van der Waals surface area (Å²) >= 11 is 3.54. The molecule has 1 aliphatic rings. The molecule has 19 heavy (non-hydrogen) atoms. The first-order chi connectivity index (χ1) is 9.11. The average molecular weight is 329 g/mol. The third-order valence-corrected chi connectivity index (χ3v) is 4.08. The lowest BCUT2D eigenvalue weighted by molar-refractivity contribution is -0.0255. The molecule has 0 bridgehead atoms. The Balaban J connectivity index is 2.22. The van der Waals surface area contributed by atoms with Crippen LogP contribution >= 0.6 is 15.9 Å². The Kier molecular flexibility index (Phi) is 5.13. The normalized spacial score (nSPS) is 20.5. The quantitative estimate of drug-likeness (QED) is 0.919. The minimum atomic E-state index is -0.0345. The van der Waals surface area contributed by atoms with E-state index in [4.69, 9.17) is 4.74 Å². The van der Waals surface area contributed by atoms with Gasteiger partial charge in [0, 0.05) is 19.6 Å². The van der Waals surface area contributed by atoms with Gasteiger partial charge in [-0.2, -0.15) is 0 Å². The zero-order valence-corrected chi connectivity index (χ0v) is 13.3. The van der Waals surface area contributed by atoms with Gasteiger partial charge < -0.3 is 15.0 Å². The summed E-state index contributed by atoms with van der Waals surface area (Å²) in [5.74, 6) is 1.63. The topological polar surface area (TPSA) is 50.3 Å². The van der Waals surface area contributed by atoms with Gasteiger partial charge in [-0.05, 0) is 36.3 Å². The molecule has 106 valence electrons. The van der Waals surface area contributed by atoms with Crippen molar-refractivity contribution in [2.75, 3.05) is 38.6 Å². The van der Waals surface area contributed by atoms with E-state index in [0.29, 0.717) is 0 Å². The Labute approximate surface area is 122 Å². The van der Waals surface area contributed by atoms with Gasteiger partial charge in [0.15, 0.2) is 5.82 Å². The highest BCUT2D eigenvalue weighted by Gasteiger charge is 2.23. The van der Waals surface area contributed by atoms with Crippen LogP contribution in [-0.4, -0.2) is 48.2 Å². The van der Waals surface area contributed by atoms with E-state index in [-0.39, 0.29) is 6.10 Å². The van der Waals surface area contributed by atoms with Crippen LogP contribution < -0.4 is 5.32 Å². The molecular weight excluding hydrogens is 308 g/mol. The third-order valence-electron chi connectivity index (χ3n) is 3.13. The van der Waals surface area contributed by atoms with Gasteiger partial charge in [-0.1, -0.05) is 6.92 Å². The van der Waals surface area contributed by atoms with E-state index < -0.39 is 0 Å². The molecule has 1 N–H and O–H groups in total. The number of aryl methyl sites for hydroxylation is 1. The molecule has 1 aromatic heterocycles. The van der Waals surface area contributed by atoms with Crippen LogP contribution in [0.5, 0.6) is 0 Å². The van der Waals surface area contributed by atoms with Crippen molar-refractivity contribution in [1.29, 1.82) is 0 Å². The van der Waals surface area contributed by atoms with Gasteiger partial charge in [0.25, 0.3) is 0 Å². The van der Waals surface area contributed by atoms with Gasteiger partial charge in [-0.3, -0.25) is 0 Å². The fraction of sp³-hybridized carbons (Fsp3) is 0.692. The lowest BCUT2D eigenvalue weighted by atomic mass is 10.2. The van der Waals surface area contributed by atoms with Crippen molar-refractivity contribution in [2.24, 2.45) is 0 Å².